The van der Waals surface area contributed by atoms with Gasteiger partial charge in [0, 0.05) is 13.0 Å². The van der Waals surface area contributed by atoms with Crippen LogP contribution in [0.5, 0.6) is 0 Å². The minimum absolute atomic E-state index is 0.00691. The highest BCUT2D eigenvalue weighted by Crippen LogP contribution is 2.14. The average molecular weight is 363 g/mol. The largest absolute Gasteiger partial charge is 0.396 e. The molecule has 2 aromatic rings. The first-order chi connectivity index (χ1) is 10.8. The predicted molar refractivity (Wildman–Crippen MR) is 83.6 cm³/mol. The number of Topliss-reactive ketones (excluding diaryl/α,β-unsaturated/α-hetero) is 1. The molecule has 0 unspecified atom stereocenters. The zero-order valence-corrected chi connectivity index (χ0v) is 13.7. The van der Waals surface area contributed by atoms with E-state index in [1.807, 2.05) is 0 Å². The van der Waals surface area contributed by atoms with Crippen molar-refractivity contribution < 1.29 is 18.7 Å². The van der Waals surface area contributed by atoms with E-state index in [0.29, 0.717) is 17.5 Å². The third-order valence-corrected chi connectivity index (χ3v) is 3.26. The van der Waals surface area contributed by atoms with Gasteiger partial charge >= 0.3 is 0 Å². The van der Waals surface area contributed by atoms with Crippen LogP contribution in [0.1, 0.15) is 18.1 Å². The van der Waals surface area contributed by atoms with Crippen LogP contribution >= 0.6 is 23.2 Å². The number of aromatic nitrogens is 2. The van der Waals surface area contributed by atoms with E-state index in [2.05, 4.69) is 9.97 Å². The molecule has 0 saturated carbocycles. The summed E-state index contributed by atoms with van der Waals surface area (Å²) in [5, 5.41) is 8.72. The maximum Gasteiger partial charge on any atom is 0.214 e. The topological polar surface area (TPSA) is 63.1 Å². The lowest BCUT2D eigenvalue weighted by atomic mass is 10.1. The highest BCUT2D eigenvalue weighted by atomic mass is 35.5. The van der Waals surface area contributed by atoms with Crippen LogP contribution in [0.4, 0.5) is 8.78 Å². The summed E-state index contributed by atoms with van der Waals surface area (Å²) in [7, 11) is 0. The fourth-order valence-corrected chi connectivity index (χ4v) is 2.04. The van der Waals surface area contributed by atoms with Gasteiger partial charge in [-0.25, -0.2) is 9.97 Å². The molecule has 0 aliphatic rings. The molecule has 0 aromatic carbocycles. The summed E-state index contributed by atoms with van der Waals surface area (Å²) >= 11 is 11.1. The van der Waals surface area contributed by atoms with E-state index in [1.165, 1.54) is 31.2 Å². The minimum Gasteiger partial charge on any atom is -0.396 e. The standard InChI is InChI=1S/C8H7ClFNO.C7H7ClFNO/c1-5(12)4-6-2-3-7(10)11-8(6)9;8-7-5(3-4-11)1-2-6(9)10-7/h2-3H,4H2,1H3;1-2,11H,3-4H2. The molecule has 0 amide bonds. The van der Waals surface area contributed by atoms with E-state index >= 15 is 0 Å². The minimum atomic E-state index is -0.632. The Morgan fingerprint density at radius 2 is 1.52 bits per heavy atom. The van der Waals surface area contributed by atoms with Crippen molar-refractivity contribution >= 4 is 29.0 Å². The molecule has 0 saturated heterocycles. The Labute approximate surface area is 142 Å². The Kier molecular flexibility index (Phi) is 8.02. The molecule has 2 rings (SSSR count). The van der Waals surface area contributed by atoms with Gasteiger partial charge in [-0.05, 0) is 36.6 Å². The number of aliphatic hydroxyl groups is 1. The molecule has 4 nitrogen and oxygen atoms in total. The van der Waals surface area contributed by atoms with Crippen LogP contribution < -0.4 is 0 Å². The monoisotopic (exact) mass is 362 g/mol. The Hall–Kier alpha value is -1.63. The summed E-state index contributed by atoms with van der Waals surface area (Å²) in [6.07, 6.45) is 0.609. The molecule has 0 bridgehead atoms. The highest BCUT2D eigenvalue weighted by Gasteiger charge is 2.05. The fourth-order valence-electron chi connectivity index (χ4n) is 1.59. The molecule has 0 atom stereocenters. The van der Waals surface area contributed by atoms with Gasteiger partial charge in [0.25, 0.3) is 0 Å². The SMILES string of the molecule is CC(=O)Cc1ccc(F)nc1Cl.OCCc1ccc(F)nc1Cl. The van der Waals surface area contributed by atoms with Crippen molar-refractivity contribution in [3.63, 3.8) is 0 Å². The van der Waals surface area contributed by atoms with Crippen LogP contribution in [-0.4, -0.2) is 27.5 Å². The number of aliphatic hydroxyl groups excluding tert-OH is 1. The zero-order valence-electron chi connectivity index (χ0n) is 12.2. The second-order valence-electron chi connectivity index (χ2n) is 4.52. The number of halogens is 4. The number of carbonyl (C=O) groups excluding carboxylic acids is 1. The molecular weight excluding hydrogens is 349 g/mol. The second-order valence-corrected chi connectivity index (χ2v) is 5.24. The Morgan fingerprint density at radius 1 is 1.04 bits per heavy atom. The maximum atomic E-state index is 12.4. The molecule has 0 radical (unpaired) electrons. The highest BCUT2D eigenvalue weighted by molar-refractivity contribution is 6.30. The van der Waals surface area contributed by atoms with Crippen molar-refractivity contribution in [2.24, 2.45) is 0 Å². The summed E-state index contributed by atoms with van der Waals surface area (Å²) in [5.74, 6) is -1.26. The van der Waals surface area contributed by atoms with Gasteiger partial charge < -0.3 is 5.11 Å². The van der Waals surface area contributed by atoms with Crippen molar-refractivity contribution in [3.8, 4) is 0 Å². The van der Waals surface area contributed by atoms with Crippen LogP contribution in [0, 0.1) is 11.9 Å². The lowest BCUT2D eigenvalue weighted by Crippen LogP contribution is -1.99. The van der Waals surface area contributed by atoms with Crippen molar-refractivity contribution in [2.45, 2.75) is 19.8 Å². The first-order valence-corrected chi connectivity index (χ1v) is 7.31. The summed E-state index contributed by atoms with van der Waals surface area (Å²) in [5.41, 5.74) is 1.22. The number of pyridine rings is 2. The third-order valence-electron chi connectivity index (χ3n) is 2.60. The molecule has 2 aromatic heterocycles. The van der Waals surface area contributed by atoms with Gasteiger partial charge in [0.1, 0.15) is 16.1 Å². The Balaban J connectivity index is 0.000000231. The van der Waals surface area contributed by atoms with Crippen LogP contribution in [0.2, 0.25) is 10.3 Å². The van der Waals surface area contributed by atoms with Crippen molar-refractivity contribution in [1.82, 2.24) is 9.97 Å². The summed E-state index contributed by atoms with van der Waals surface area (Å²) in [6, 6.07) is 5.38. The Morgan fingerprint density at radius 3 is 1.91 bits per heavy atom. The maximum absolute atomic E-state index is 12.4. The molecule has 124 valence electrons. The predicted octanol–water partition coefficient (Wildman–Crippen LogP) is 3.41. The van der Waals surface area contributed by atoms with Gasteiger partial charge in [-0.1, -0.05) is 35.3 Å². The lowest BCUT2D eigenvalue weighted by molar-refractivity contribution is -0.116. The number of nitrogens with zero attached hydrogens (tertiary/aromatic N) is 2. The number of hydrogen-bond donors (Lipinski definition) is 1. The van der Waals surface area contributed by atoms with E-state index in [-0.39, 0.29) is 29.1 Å². The molecular formula is C15H14Cl2F2N2O2. The van der Waals surface area contributed by atoms with Gasteiger partial charge in [-0.2, -0.15) is 8.78 Å². The van der Waals surface area contributed by atoms with Crippen molar-refractivity contribution in [1.29, 1.82) is 0 Å². The molecule has 23 heavy (non-hydrogen) atoms. The lowest BCUT2D eigenvalue weighted by Gasteiger charge is -1.99. The van der Waals surface area contributed by atoms with Gasteiger partial charge in [-0.3, -0.25) is 4.79 Å². The number of ketones is 1. The normalized spacial score (nSPS) is 10.0. The van der Waals surface area contributed by atoms with Crippen LogP contribution in [-0.2, 0) is 17.6 Å². The van der Waals surface area contributed by atoms with E-state index in [9.17, 15) is 13.6 Å². The Bertz CT molecular complexity index is 685. The van der Waals surface area contributed by atoms with Gasteiger partial charge in [0.2, 0.25) is 11.9 Å². The number of hydrogen-bond acceptors (Lipinski definition) is 4. The quantitative estimate of drug-likeness (QED) is 0.846. The number of rotatable bonds is 4. The molecule has 0 aliphatic carbocycles. The molecule has 0 spiro atoms. The van der Waals surface area contributed by atoms with Gasteiger partial charge in [0.15, 0.2) is 0 Å². The van der Waals surface area contributed by atoms with Gasteiger partial charge in [-0.15, -0.1) is 0 Å². The van der Waals surface area contributed by atoms with E-state index in [4.69, 9.17) is 28.3 Å². The first-order valence-electron chi connectivity index (χ1n) is 6.55. The van der Waals surface area contributed by atoms with Gasteiger partial charge in [0.05, 0.1) is 0 Å². The summed E-state index contributed by atoms with van der Waals surface area (Å²) in [4.78, 5) is 17.4. The van der Waals surface area contributed by atoms with E-state index < -0.39 is 11.9 Å². The van der Waals surface area contributed by atoms with E-state index in [1.54, 1.807) is 0 Å². The summed E-state index contributed by atoms with van der Waals surface area (Å²) < 4.78 is 24.7. The number of carbonyl (C=O) groups is 1. The summed E-state index contributed by atoms with van der Waals surface area (Å²) in [6.45, 7) is 1.44. The fraction of sp³-hybridized carbons (Fsp3) is 0.267. The zero-order chi connectivity index (χ0) is 17.4. The average Bonchev–Trinajstić information content (AvgIpc) is 2.46. The second kappa shape index (κ2) is 9.50. The molecule has 8 heteroatoms. The molecule has 0 fully saturated rings. The molecule has 0 aliphatic heterocycles. The third kappa shape index (κ3) is 6.99. The van der Waals surface area contributed by atoms with Crippen LogP contribution in [0.25, 0.3) is 0 Å². The molecule has 2 heterocycles. The van der Waals surface area contributed by atoms with Crippen LogP contribution in [0.3, 0.4) is 0 Å². The first kappa shape index (κ1) is 19.4. The van der Waals surface area contributed by atoms with E-state index in [0.717, 1.165) is 0 Å². The smallest absolute Gasteiger partial charge is 0.214 e. The molecule has 1 N–H and O–H groups in total. The van der Waals surface area contributed by atoms with Crippen molar-refractivity contribution in [3.05, 3.63) is 57.6 Å². The van der Waals surface area contributed by atoms with Crippen LogP contribution in [0.15, 0.2) is 24.3 Å². The van der Waals surface area contributed by atoms with Crippen molar-refractivity contribution in [2.75, 3.05) is 6.61 Å².